The van der Waals surface area contributed by atoms with Crippen LogP contribution >= 0.6 is 12.2 Å². The number of hydrogen-bond donors (Lipinski definition) is 2. The first-order chi connectivity index (χ1) is 8.63. The van der Waals surface area contributed by atoms with Crippen LogP contribution in [0, 0.1) is 4.77 Å². The maximum Gasteiger partial charge on any atom is 0.262 e. The van der Waals surface area contributed by atoms with E-state index in [4.69, 9.17) is 12.2 Å². The van der Waals surface area contributed by atoms with E-state index in [0.717, 1.165) is 0 Å². The molecule has 1 aromatic rings. The summed E-state index contributed by atoms with van der Waals surface area (Å²) in [6, 6.07) is 0. The average Bonchev–Trinajstić information content (AvgIpc) is 2.83. The first-order valence-corrected chi connectivity index (χ1v) is 5.63. The zero-order valence-electron chi connectivity index (χ0n) is 9.46. The van der Waals surface area contributed by atoms with Crippen molar-refractivity contribution in [2.75, 3.05) is 0 Å². The highest BCUT2D eigenvalue weighted by molar-refractivity contribution is 7.71. The maximum absolute atomic E-state index is 11.8. The van der Waals surface area contributed by atoms with Crippen molar-refractivity contribution in [1.29, 1.82) is 0 Å². The van der Waals surface area contributed by atoms with Gasteiger partial charge >= 0.3 is 0 Å². The molecule has 2 rings (SSSR count). The second kappa shape index (κ2) is 4.97. The Hall–Kier alpha value is -2.21. The lowest BCUT2D eigenvalue weighted by Gasteiger charge is -2.08. The summed E-state index contributed by atoms with van der Waals surface area (Å²) < 4.78 is 1.54. The Morgan fingerprint density at radius 1 is 1.61 bits per heavy atom. The fourth-order valence-electron chi connectivity index (χ4n) is 1.55. The molecule has 0 fully saturated rings. The summed E-state index contributed by atoms with van der Waals surface area (Å²) in [5, 5.41) is 10.0. The van der Waals surface area contributed by atoms with Crippen molar-refractivity contribution in [3.63, 3.8) is 0 Å². The highest BCUT2D eigenvalue weighted by Gasteiger charge is 2.10. The van der Waals surface area contributed by atoms with E-state index in [1.165, 1.54) is 10.6 Å². The van der Waals surface area contributed by atoms with E-state index >= 15 is 0 Å². The number of nitrogens with one attached hydrogen (secondary N) is 1. The zero-order valence-corrected chi connectivity index (χ0v) is 10.3. The van der Waals surface area contributed by atoms with Crippen LogP contribution in [0.3, 0.4) is 0 Å². The lowest BCUT2D eigenvalue weighted by molar-refractivity contribution is 0.412. The standard InChI is InChI=1S/C12H11N3O2S/c1-2-6-15-11(17)9(10(16)14-12(15)18)7-8-4-3-5-13-8/h2-5,7,17H,1,6H2,(H,14,16,18)/b8-7-. The maximum atomic E-state index is 11.8. The predicted molar refractivity (Wildman–Crippen MR) is 73.4 cm³/mol. The predicted octanol–water partition coefficient (Wildman–Crippen LogP) is 1.78. The van der Waals surface area contributed by atoms with E-state index in [0.29, 0.717) is 12.2 Å². The molecule has 5 nitrogen and oxygen atoms in total. The molecule has 0 unspecified atom stereocenters. The smallest absolute Gasteiger partial charge is 0.262 e. The number of aromatic nitrogens is 2. The molecule has 0 spiro atoms. The van der Waals surface area contributed by atoms with Gasteiger partial charge in [-0.25, -0.2) is 0 Å². The van der Waals surface area contributed by atoms with Gasteiger partial charge in [0, 0.05) is 12.8 Å². The topological polar surface area (TPSA) is 70.4 Å². The van der Waals surface area contributed by atoms with Gasteiger partial charge in [-0.3, -0.25) is 19.3 Å². The molecule has 0 atom stereocenters. The lowest BCUT2D eigenvalue weighted by Crippen LogP contribution is -2.16. The Morgan fingerprint density at radius 2 is 2.39 bits per heavy atom. The second-order valence-electron chi connectivity index (χ2n) is 3.60. The van der Waals surface area contributed by atoms with Gasteiger partial charge in [0.25, 0.3) is 5.56 Å². The van der Waals surface area contributed by atoms with Gasteiger partial charge in [0.15, 0.2) is 4.77 Å². The molecule has 0 saturated carbocycles. The van der Waals surface area contributed by atoms with Crippen molar-refractivity contribution in [1.82, 2.24) is 9.55 Å². The number of H-pyrrole nitrogens is 1. The van der Waals surface area contributed by atoms with Gasteiger partial charge in [-0.1, -0.05) is 6.08 Å². The molecule has 2 N–H and O–H groups in total. The van der Waals surface area contributed by atoms with Crippen molar-refractivity contribution < 1.29 is 5.11 Å². The van der Waals surface area contributed by atoms with Crippen molar-refractivity contribution in [2.24, 2.45) is 4.99 Å². The molecule has 0 radical (unpaired) electrons. The molecule has 0 bridgehead atoms. The number of hydrogen-bond acceptors (Lipinski definition) is 4. The van der Waals surface area contributed by atoms with E-state index in [9.17, 15) is 9.90 Å². The Bertz CT molecular complexity index is 678. The van der Waals surface area contributed by atoms with Crippen LogP contribution in [0.1, 0.15) is 5.56 Å². The lowest BCUT2D eigenvalue weighted by atomic mass is 10.2. The minimum atomic E-state index is -0.444. The molecule has 0 aliphatic carbocycles. The summed E-state index contributed by atoms with van der Waals surface area (Å²) in [7, 11) is 0. The molecule has 92 valence electrons. The number of nitrogens with zero attached hydrogens (tertiary/aromatic N) is 2. The highest BCUT2D eigenvalue weighted by Crippen LogP contribution is 2.18. The number of aromatic hydroxyl groups is 1. The normalized spacial score (nSPS) is 15.4. The van der Waals surface area contributed by atoms with Crippen LogP contribution in [-0.4, -0.2) is 20.9 Å². The summed E-state index contributed by atoms with van der Waals surface area (Å²) in [6.45, 7) is 3.89. The number of aliphatic imine (C=N–C) groups is 1. The first-order valence-electron chi connectivity index (χ1n) is 5.23. The van der Waals surface area contributed by atoms with Gasteiger partial charge in [-0.05, 0) is 30.4 Å². The third-order valence-electron chi connectivity index (χ3n) is 2.39. The Balaban J connectivity index is 2.64. The zero-order chi connectivity index (χ0) is 13.1. The molecule has 1 aliphatic rings. The van der Waals surface area contributed by atoms with Gasteiger partial charge in [-0.15, -0.1) is 6.58 Å². The quantitative estimate of drug-likeness (QED) is 0.643. The summed E-state index contributed by atoms with van der Waals surface area (Å²) in [6.07, 6.45) is 8.17. The fraction of sp³-hybridized carbons (Fsp3) is 0.0833. The molecular formula is C12H11N3O2S. The molecule has 1 aliphatic heterocycles. The SMILES string of the molecule is C=CCn1c(O)c(/C=C2/C=CC=N2)c(=O)[nH]c1=S. The van der Waals surface area contributed by atoms with Gasteiger partial charge in [0.2, 0.25) is 5.88 Å². The molecular weight excluding hydrogens is 250 g/mol. The molecule has 6 heteroatoms. The second-order valence-corrected chi connectivity index (χ2v) is 3.99. The van der Waals surface area contributed by atoms with Gasteiger partial charge < -0.3 is 5.11 Å². The van der Waals surface area contributed by atoms with E-state index in [2.05, 4.69) is 16.6 Å². The molecule has 0 aromatic carbocycles. The van der Waals surface area contributed by atoms with Crippen LogP contribution in [0.15, 0.2) is 40.3 Å². The molecule has 2 heterocycles. The van der Waals surface area contributed by atoms with Crippen LogP contribution in [0.5, 0.6) is 5.88 Å². The molecule has 0 amide bonds. The van der Waals surface area contributed by atoms with Crippen LogP contribution < -0.4 is 5.56 Å². The molecule has 18 heavy (non-hydrogen) atoms. The average molecular weight is 261 g/mol. The summed E-state index contributed by atoms with van der Waals surface area (Å²) in [4.78, 5) is 18.3. The number of aromatic amines is 1. The van der Waals surface area contributed by atoms with Gasteiger partial charge in [0.05, 0.1) is 5.70 Å². The highest BCUT2D eigenvalue weighted by atomic mass is 32.1. The minimum absolute atomic E-state index is 0.129. The Labute approximate surface area is 108 Å². The monoisotopic (exact) mass is 261 g/mol. The summed E-state index contributed by atoms with van der Waals surface area (Å²) in [5.41, 5.74) is 0.281. The third kappa shape index (κ3) is 2.23. The van der Waals surface area contributed by atoms with Crippen LogP contribution in [0.2, 0.25) is 0 Å². The van der Waals surface area contributed by atoms with E-state index < -0.39 is 5.56 Å². The Kier molecular flexibility index (Phi) is 3.38. The largest absolute Gasteiger partial charge is 0.494 e. The van der Waals surface area contributed by atoms with E-state index in [1.807, 2.05) is 0 Å². The summed E-state index contributed by atoms with van der Waals surface area (Å²) >= 11 is 4.97. The first kappa shape index (κ1) is 12.3. The molecule has 0 saturated heterocycles. The van der Waals surface area contributed by atoms with Crippen molar-refractivity contribution >= 4 is 24.5 Å². The van der Waals surface area contributed by atoms with E-state index in [1.54, 1.807) is 24.4 Å². The van der Waals surface area contributed by atoms with Crippen molar-refractivity contribution in [2.45, 2.75) is 6.54 Å². The van der Waals surface area contributed by atoms with Gasteiger partial charge in [0.1, 0.15) is 5.56 Å². The van der Waals surface area contributed by atoms with Crippen LogP contribution in [-0.2, 0) is 6.54 Å². The van der Waals surface area contributed by atoms with Crippen molar-refractivity contribution in [3.05, 3.63) is 51.2 Å². The van der Waals surface area contributed by atoms with E-state index in [-0.39, 0.29) is 16.2 Å². The Morgan fingerprint density at radius 3 is 3.00 bits per heavy atom. The number of allylic oxidation sites excluding steroid dienone is 3. The third-order valence-corrected chi connectivity index (χ3v) is 2.71. The van der Waals surface area contributed by atoms with Crippen molar-refractivity contribution in [3.8, 4) is 5.88 Å². The van der Waals surface area contributed by atoms with Crippen LogP contribution in [0.25, 0.3) is 6.08 Å². The van der Waals surface area contributed by atoms with Gasteiger partial charge in [-0.2, -0.15) is 0 Å². The fourth-order valence-corrected chi connectivity index (χ4v) is 1.80. The summed E-state index contributed by atoms with van der Waals surface area (Å²) in [5.74, 6) is -0.188. The number of rotatable bonds is 3. The van der Waals surface area contributed by atoms with Crippen LogP contribution in [0.4, 0.5) is 0 Å². The molecule has 1 aromatic heterocycles. The minimum Gasteiger partial charge on any atom is -0.494 e.